The van der Waals surface area contributed by atoms with Gasteiger partial charge >= 0.3 is 0 Å². The number of benzene rings is 1. The van der Waals surface area contributed by atoms with Crippen LogP contribution < -0.4 is 16.0 Å². The third-order valence-corrected chi connectivity index (χ3v) is 3.28. The van der Waals surface area contributed by atoms with E-state index in [-0.39, 0.29) is 23.2 Å². The van der Waals surface area contributed by atoms with Gasteiger partial charge in [0.1, 0.15) is 0 Å². The van der Waals surface area contributed by atoms with E-state index in [2.05, 4.69) is 16.0 Å². The Hall–Kier alpha value is -2.96. The van der Waals surface area contributed by atoms with Gasteiger partial charge in [0.25, 0.3) is 0 Å². The van der Waals surface area contributed by atoms with E-state index in [0.29, 0.717) is 30.8 Å². The van der Waals surface area contributed by atoms with Crippen LogP contribution >= 0.6 is 0 Å². The first-order chi connectivity index (χ1) is 11.8. The highest BCUT2D eigenvalue weighted by Crippen LogP contribution is 2.10. The highest BCUT2D eigenvalue weighted by molar-refractivity contribution is 6.06. The molecule has 1 aromatic carbocycles. The normalized spacial score (nSPS) is 10.8. The number of carbonyl (C=O) groups excluding carboxylic acids is 4. The van der Waals surface area contributed by atoms with Gasteiger partial charge in [-0.1, -0.05) is 0 Å². The van der Waals surface area contributed by atoms with Crippen LogP contribution in [0.1, 0.15) is 37.6 Å². The minimum Gasteiger partial charge on any atom is -0.356 e. The number of hydrogen-bond donors (Lipinski definition) is 3. The summed E-state index contributed by atoms with van der Waals surface area (Å²) in [5.74, 6) is -0.939. The fourth-order valence-corrected chi connectivity index (χ4v) is 1.92. The molecule has 1 aromatic rings. The Morgan fingerprint density at radius 2 is 1.52 bits per heavy atom. The minimum absolute atomic E-state index is 0.0520. The van der Waals surface area contributed by atoms with E-state index in [1.807, 2.05) is 0 Å². The van der Waals surface area contributed by atoms with E-state index in [9.17, 15) is 19.2 Å². The van der Waals surface area contributed by atoms with Crippen LogP contribution in [-0.4, -0.2) is 36.6 Å². The summed E-state index contributed by atoms with van der Waals surface area (Å²) in [6, 6.07) is 6.49. The lowest BCUT2D eigenvalue weighted by molar-refractivity contribution is -0.119. The predicted molar refractivity (Wildman–Crippen MR) is 95.1 cm³/mol. The van der Waals surface area contributed by atoms with Crippen molar-refractivity contribution >= 4 is 29.2 Å². The van der Waals surface area contributed by atoms with E-state index in [0.717, 1.165) is 0 Å². The van der Waals surface area contributed by atoms with E-state index >= 15 is 0 Å². The Morgan fingerprint density at radius 1 is 0.920 bits per heavy atom. The number of nitrogens with one attached hydrogen (secondary N) is 3. The van der Waals surface area contributed by atoms with Gasteiger partial charge in [-0.05, 0) is 44.5 Å². The van der Waals surface area contributed by atoms with Crippen LogP contribution in [0.4, 0.5) is 5.69 Å². The summed E-state index contributed by atoms with van der Waals surface area (Å²) in [5.41, 5.74) is 1.37. The van der Waals surface area contributed by atoms with Crippen molar-refractivity contribution < 1.29 is 19.2 Å². The lowest BCUT2D eigenvalue weighted by Gasteiger charge is -2.07. The van der Waals surface area contributed by atoms with Gasteiger partial charge in [0.15, 0.2) is 5.78 Å². The van der Waals surface area contributed by atoms with Crippen molar-refractivity contribution in [2.24, 2.45) is 0 Å². The van der Waals surface area contributed by atoms with Crippen molar-refractivity contribution in [1.29, 1.82) is 0 Å². The molecule has 0 saturated carbocycles. The molecule has 0 saturated heterocycles. The number of hydrogen-bond acceptors (Lipinski definition) is 4. The monoisotopic (exact) mass is 345 g/mol. The third-order valence-electron chi connectivity index (χ3n) is 3.28. The molecule has 0 atom stereocenters. The molecule has 0 aliphatic carbocycles. The zero-order chi connectivity index (χ0) is 18.8. The van der Waals surface area contributed by atoms with E-state index in [1.54, 1.807) is 31.2 Å². The predicted octanol–water partition coefficient (Wildman–Crippen LogP) is 1.42. The average molecular weight is 345 g/mol. The molecule has 0 unspecified atom stereocenters. The van der Waals surface area contributed by atoms with Crippen LogP contribution in [0.15, 0.2) is 35.9 Å². The van der Waals surface area contributed by atoms with Crippen LogP contribution in [0.5, 0.6) is 0 Å². The van der Waals surface area contributed by atoms with Gasteiger partial charge in [0.2, 0.25) is 17.7 Å². The maximum atomic E-state index is 11.9. The lowest BCUT2D eigenvalue weighted by atomic mass is 10.1. The average Bonchev–Trinajstić information content (AvgIpc) is 2.54. The first kappa shape index (κ1) is 20.1. The molecule has 3 amide bonds. The zero-order valence-corrected chi connectivity index (χ0v) is 14.6. The minimum atomic E-state index is -0.429. The van der Waals surface area contributed by atoms with Crippen molar-refractivity contribution in [3.63, 3.8) is 0 Å². The van der Waals surface area contributed by atoms with E-state index in [1.165, 1.54) is 19.9 Å². The molecular weight excluding hydrogens is 322 g/mol. The van der Waals surface area contributed by atoms with E-state index in [4.69, 9.17) is 0 Å². The molecule has 0 aliphatic rings. The van der Waals surface area contributed by atoms with Gasteiger partial charge in [0.05, 0.1) is 0 Å². The Bertz CT molecular complexity index is 678. The van der Waals surface area contributed by atoms with Gasteiger partial charge in [-0.3, -0.25) is 19.2 Å². The Balaban J connectivity index is 2.45. The standard InChI is InChI=1S/C18H23N3O4/c1-12(18(25)20-10-4-9-19-14(3)23)11-17(24)21-16-7-5-15(6-8-16)13(2)22/h5-8,11H,4,9-10H2,1-3H3,(H,19,23)(H,20,25)(H,21,24)/b12-11+. The highest BCUT2D eigenvalue weighted by atomic mass is 16.2. The smallest absolute Gasteiger partial charge is 0.248 e. The lowest BCUT2D eigenvalue weighted by Crippen LogP contribution is -2.29. The quantitative estimate of drug-likeness (QED) is 0.376. The molecule has 1 rings (SSSR count). The molecule has 7 heteroatoms. The second kappa shape index (κ2) is 10.0. The molecule has 0 heterocycles. The van der Waals surface area contributed by atoms with Crippen molar-refractivity contribution in [2.75, 3.05) is 18.4 Å². The first-order valence-corrected chi connectivity index (χ1v) is 7.92. The highest BCUT2D eigenvalue weighted by Gasteiger charge is 2.07. The molecule has 0 fully saturated rings. The van der Waals surface area contributed by atoms with Gasteiger partial charge in [0, 0.05) is 42.9 Å². The summed E-state index contributed by atoms with van der Waals surface area (Å²) in [6.07, 6.45) is 1.81. The second-order valence-electron chi connectivity index (χ2n) is 5.54. The first-order valence-electron chi connectivity index (χ1n) is 7.92. The van der Waals surface area contributed by atoms with Gasteiger partial charge < -0.3 is 16.0 Å². The molecule has 134 valence electrons. The van der Waals surface area contributed by atoms with Crippen LogP contribution in [0.25, 0.3) is 0 Å². The number of anilines is 1. The molecule has 25 heavy (non-hydrogen) atoms. The number of amides is 3. The van der Waals surface area contributed by atoms with Crippen LogP contribution in [0.3, 0.4) is 0 Å². The molecule has 0 radical (unpaired) electrons. The molecule has 0 spiro atoms. The van der Waals surface area contributed by atoms with Gasteiger partial charge in [-0.25, -0.2) is 0 Å². The van der Waals surface area contributed by atoms with Gasteiger partial charge in [-0.2, -0.15) is 0 Å². The fraction of sp³-hybridized carbons (Fsp3) is 0.333. The fourth-order valence-electron chi connectivity index (χ4n) is 1.92. The topological polar surface area (TPSA) is 104 Å². The van der Waals surface area contributed by atoms with Crippen LogP contribution in [-0.2, 0) is 14.4 Å². The molecule has 0 aliphatic heterocycles. The molecule has 3 N–H and O–H groups in total. The van der Waals surface area contributed by atoms with Gasteiger partial charge in [-0.15, -0.1) is 0 Å². The number of rotatable bonds is 8. The van der Waals surface area contributed by atoms with E-state index < -0.39 is 5.91 Å². The third kappa shape index (κ3) is 7.92. The SMILES string of the molecule is CC(=O)NCCCNC(=O)/C(C)=C/C(=O)Nc1ccc(C(C)=O)cc1. The maximum absolute atomic E-state index is 11.9. The maximum Gasteiger partial charge on any atom is 0.248 e. The molecule has 7 nitrogen and oxygen atoms in total. The molecule has 0 aromatic heterocycles. The summed E-state index contributed by atoms with van der Waals surface area (Å²) in [7, 11) is 0. The van der Waals surface area contributed by atoms with Crippen LogP contribution in [0, 0.1) is 0 Å². The van der Waals surface area contributed by atoms with Crippen molar-refractivity contribution in [3.05, 3.63) is 41.5 Å². The summed E-state index contributed by atoms with van der Waals surface area (Å²) < 4.78 is 0. The summed E-state index contributed by atoms with van der Waals surface area (Å²) >= 11 is 0. The Kier molecular flexibility index (Phi) is 8.05. The Morgan fingerprint density at radius 3 is 2.08 bits per heavy atom. The molecular formula is C18H23N3O4. The Labute approximate surface area is 146 Å². The summed E-state index contributed by atoms with van der Waals surface area (Å²) in [4.78, 5) is 45.7. The molecule has 0 bridgehead atoms. The van der Waals surface area contributed by atoms with Crippen molar-refractivity contribution in [3.8, 4) is 0 Å². The zero-order valence-electron chi connectivity index (χ0n) is 14.6. The number of carbonyl (C=O) groups is 4. The largest absolute Gasteiger partial charge is 0.356 e. The number of ketones is 1. The second-order valence-corrected chi connectivity index (χ2v) is 5.54. The number of Topliss-reactive ketones (excluding diaryl/α,β-unsaturated/α-hetero) is 1. The van der Waals surface area contributed by atoms with Crippen LogP contribution in [0.2, 0.25) is 0 Å². The summed E-state index contributed by atoms with van der Waals surface area (Å²) in [5, 5.41) is 7.93. The van der Waals surface area contributed by atoms with Crippen molar-refractivity contribution in [1.82, 2.24) is 10.6 Å². The van der Waals surface area contributed by atoms with Crippen molar-refractivity contribution in [2.45, 2.75) is 27.2 Å². The summed E-state index contributed by atoms with van der Waals surface area (Å²) in [6.45, 7) is 5.32.